The number of fused-ring (bicyclic) bond motifs is 3. The Bertz CT molecular complexity index is 1640. The molecular formula is C36H34ClN3O2. The van der Waals surface area contributed by atoms with Gasteiger partial charge in [-0.2, -0.15) is 0 Å². The number of nitrogens with one attached hydrogen (secondary N) is 1. The number of aryl methyl sites for hydroxylation is 1. The molecule has 4 aromatic carbocycles. The SMILES string of the molecule is Cc1ccc(-c2ccccc2C(=O)Nc2ccc(C(=O)N3CC4C5CCC(CC5)N4Cc4ccc(Cl)cc43)cc2)cc1. The van der Waals surface area contributed by atoms with Crippen molar-refractivity contribution in [1.29, 1.82) is 0 Å². The highest BCUT2D eigenvalue weighted by atomic mass is 35.5. The predicted molar refractivity (Wildman–Crippen MR) is 169 cm³/mol. The first-order valence-electron chi connectivity index (χ1n) is 14.9. The number of nitrogens with zero attached hydrogens (tertiary/aromatic N) is 2. The fourth-order valence-electron chi connectivity index (χ4n) is 7.17. The summed E-state index contributed by atoms with van der Waals surface area (Å²) in [6, 6.07) is 29.9. The Kier molecular flexibility index (Phi) is 7.09. The van der Waals surface area contributed by atoms with Gasteiger partial charge in [0.2, 0.25) is 0 Å². The summed E-state index contributed by atoms with van der Waals surface area (Å²) < 4.78 is 0. The lowest BCUT2D eigenvalue weighted by Gasteiger charge is -2.51. The van der Waals surface area contributed by atoms with E-state index in [0.29, 0.717) is 46.4 Å². The number of amides is 2. The summed E-state index contributed by atoms with van der Waals surface area (Å²) in [5.41, 5.74) is 6.95. The highest BCUT2D eigenvalue weighted by Crippen LogP contribution is 2.44. The van der Waals surface area contributed by atoms with E-state index in [4.69, 9.17) is 11.6 Å². The molecule has 42 heavy (non-hydrogen) atoms. The van der Waals surface area contributed by atoms with Crippen LogP contribution in [0.4, 0.5) is 11.4 Å². The van der Waals surface area contributed by atoms with Gasteiger partial charge in [0, 0.05) is 52.7 Å². The molecule has 1 N–H and O–H groups in total. The molecule has 3 fully saturated rings. The minimum Gasteiger partial charge on any atom is -0.322 e. The van der Waals surface area contributed by atoms with Gasteiger partial charge < -0.3 is 10.2 Å². The Morgan fingerprint density at radius 1 is 0.857 bits per heavy atom. The Hall–Kier alpha value is -3.93. The van der Waals surface area contributed by atoms with E-state index in [0.717, 1.165) is 28.9 Å². The Morgan fingerprint density at radius 2 is 1.60 bits per heavy atom. The van der Waals surface area contributed by atoms with Crippen LogP contribution >= 0.6 is 11.6 Å². The monoisotopic (exact) mass is 575 g/mol. The van der Waals surface area contributed by atoms with Crippen LogP contribution in [0.25, 0.3) is 11.1 Å². The van der Waals surface area contributed by atoms with E-state index in [9.17, 15) is 9.59 Å². The van der Waals surface area contributed by atoms with Gasteiger partial charge >= 0.3 is 0 Å². The summed E-state index contributed by atoms with van der Waals surface area (Å²) in [6.45, 7) is 3.57. The van der Waals surface area contributed by atoms with Gasteiger partial charge in [0.25, 0.3) is 11.8 Å². The van der Waals surface area contributed by atoms with Crippen molar-refractivity contribution < 1.29 is 9.59 Å². The molecule has 212 valence electrons. The van der Waals surface area contributed by atoms with Gasteiger partial charge in [-0.3, -0.25) is 14.5 Å². The smallest absolute Gasteiger partial charge is 0.258 e. The molecule has 2 amide bonds. The number of hydrogen-bond acceptors (Lipinski definition) is 3. The average Bonchev–Trinajstić information content (AvgIpc) is 3.20. The number of benzene rings is 4. The van der Waals surface area contributed by atoms with Gasteiger partial charge in [-0.25, -0.2) is 0 Å². The van der Waals surface area contributed by atoms with Gasteiger partial charge in [0.05, 0.1) is 0 Å². The largest absolute Gasteiger partial charge is 0.322 e. The summed E-state index contributed by atoms with van der Waals surface area (Å²) in [5, 5.41) is 3.66. The fraction of sp³-hybridized carbons (Fsp3) is 0.278. The number of carbonyl (C=O) groups is 2. The number of carbonyl (C=O) groups excluding carboxylic acids is 2. The van der Waals surface area contributed by atoms with E-state index in [-0.39, 0.29) is 11.8 Å². The molecule has 6 heteroatoms. The molecule has 8 rings (SSSR count). The third kappa shape index (κ3) is 5.01. The maximum Gasteiger partial charge on any atom is 0.258 e. The van der Waals surface area contributed by atoms with Gasteiger partial charge in [-0.05, 0) is 97.7 Å². The first kappa shape index (κ1) is 26.9. The molecule has 1 aliphatic carbocycles. The van der Waals surface area contributed by atoms with Gasteiger partial charge in [0.1, 0.15) is 0 Å². The van der Waals surface area contributed by atoms with Gasteiger partial charge in [0.15, 0.2) is 0 Å². The quantitative estimate of drug-likeness (QED) is 0.268. The van der Waals surface area contributed by atoms with E-state index in [1.807, 2.05) is 96.8 Å². The molecule has 1 saturated carbocycles. The maximum absolute atomic E-state index is 14.1. The lowest BCUT2D eigenvalue weighted by atomic mass is 9.74. The molecule has 1 atom stereocenters. The Balaban J connectivity index is 1.13. The van der Waals surface area contributed by atoms with E-state index >= 15 is 0 Å². The maximum atomic E-state index is 14.1. The molecule has 5 nitrogen and oxygen atoms in total. The standard InChI is InChI=1S/C36H34ClN3O2/c1-23-6-8-24(9-7-23)31-4-2-3-5-32(31)35(41)38-29-16-11-26(12-17-29)36(42)40-22-34-25-13-18-30(19-14-25)39(34)21-27-10-15-28(37)20-33(27)40/h2-12,15-17,20,25,30,34H,13-14,18-19,21-22H2,1H3,(H,38,41). The highest BCUT2D eigenvalue weighted by molar-refractivity contribution is 6.31. The van der Waals surface area contributed by atoms with Crippen molar-refractivity contribution >= 4 is 34.8 Å². The topological polar surface area (TPSA) is 52.7 Å². The highest BCUT2D eigenvalue weighted by Gasteiger charge is 2.45. The Morgan fingerprint density at radius 3 is 2.36 bits per heavy atom. The summed E-state index contributed by atoms with van der Waals surface area (Å²) >= 11 is 6.45. The van der Waals surface area contributed by atoms with Crippen LogP contribution in [0.15, 0.2) is 91.0 Å². The van der Waals surface area contributed by atoms with Gasteiger partial charge in [-0.15, -0.1) is 0 Å². The minimum absolute atomic E-state index is 0.0376. The summed E-state index contributed by atoms with van der Waals surface area (Å²) in [4.78, 5) is 32.0. The molecule has 2 bridgehead atoms. The normalized spacial score (nSPS) is 21.3. The van der Waals surface area contributed by atoms with Crippen molar-refractivity contribution in [1.82, 2.24) is 4.90 Å². The van der Waals surface area contributed by atoms with Gasteiger partial charge in [-0.1, -0.05) is 65.7 Å². The summed E-state index contributed by atoms with van der Waals surface area (Å²) in [6.07, 6.45) is 4.99. The van der Waals surface area contributed by atoms with Crippen molar-refractivity contribution in [2.75, 3.05) is 16.8 Å². The molecule has 2 saturated heterocycles. The van der Waals surface area contributed by atoms with Crippen LogP contribution in [0, 0.1) is 12.8 Å². The number of halogens is 1. The molecular weight excluding hydrogens is 542 g/mol. The number of anilines is 2. The first-order valence-corrected chi connectivity index (χ1v) is 15.3. The molecule has 3 heterocycles. The lowest BCUT2D eigenvalue weighted by Crippen LogP contribution is -2.57. The molecule has 0 spiro atoms. The second-order valence-electron chi connectivity index (χ2n) is 11.9. The van der Waals surface area contributed by atoms with E-state index in [1.54, 1.807) is 0 Å². The molecule has 1 unspecified atom stereocenters. The number of piperidine rings is 2. The third-order valence-electron chi connectivity index (χ3n) is 9.41. The van der Waals surface area contributed by atoms with Crippen molar-refractivity contribution in [3.8, 4) is 11.1 Å². The first-order chi connectivity index (χ1) is 20.4. The molecule has 0 radical (unpaired) electrons. The zero-order valence-electron chi connectivity index (χ0n) is 23.7. The van der Waals surface area contributed by atoms with Crippen LogP contribution in [0.3, 0.4) is 0 Å². The predicted octanol–water partition coefficient (Wildman–Crippen LogP) is 7.97. The fourth-order valence-corrected chi connectivity index (χ4v) is 7.34. The van der Waals surface area contributed by atoms with Crippen LogP contribution in [0.2, 0.25) is 5.02 Å². The van der Waals surface area contributed by atoms with Crippen LogP contribution in [-0.2, 0) is 6.54 Å². The summed E-state index contributed by atoms with van der Waals surface area (Å²) in [7, 11) is 0. The lowest BCUT2D eigenvalue weighted by molar-refractivity contribution is -0.0121. The zero-order valence-corrected chi connectivity index (χ0v) is 24.5. The molecule has 3 aliphatic heterocycles. The second kappa shape index (κ2) is 11.0. The molecule has 4 aliphatic rings. The molecule has 0 aromatic heterocycles. The van der Waals surface area contributed by atoms with Crippen molar-refractivity contribution in [2.24, 2.45) is 5.92 Å². The van der Waals surface area contributed by atoms with Crippen LogP contribution in [0.1, 0.15) is 57.5 Å². The number of rotatable bonds is 4. The third-order valence-corrected chi connectivity index (χ3v) is 9.65. The van der Waals surface area contributed by atoms with Crippen LogP contribution < -0.4 is 10.2 Å². The second-order valence-corrected chi connectivity index (χ2v) is 12.4. The van der Waals surface area contributed by atoms with E-state index < -0.39 is 0 Å². The Labute approximate surface area is 252 Å². The van der Waals surface area contributed by atoms with E-state index in [1.165, 1.54) is 31.2 Å². The molecule has 4 aromatic rings. The summed E-state index contributed by atoms with van der Waals surface area (Å²) in [5.74, 6) is 0.397. The minimum atomic E-state index is -0.186. The van der Waals surface area contributed by atoms with Crippen LogP contribution in [-0.4, -0.2) is 35.3 Å². The van der Waals surface area contributed by atoms with Crippen molar-refractivity contribution in [2.45, 2.75) is 51.2 Å². The van der Waals surface area contributed by atoms with Crippen molar-refractivity contribution in [3.05, 3.63) is 118 Å². The average molecular weight is 576 g/mol. The number of hydrogen-bond donors (Lipinski definition) is 1. The van der Waals surface area contributed by atoms with Crippen molar-refractivity contribution in [3.63, 3.8) is 0 Å². The van der Waals surface area contributed by atoms with E-state index in [2.05, 4.69) is 16.3 Å². The zero-order chi connectivity index (χ0) is 28.8. The van der Waals surface area contributed by atoms with Crippen LogP contribution in [0.5, 0.6) is 0 Å².